The van der Waals surface area contributed by atoms with Gasteiger partial charge in [0.1, 0.15) is 0 Å². The van der Waals surface area contributed by atoms with E-state index in [2.05, 4.69) is 0 Å². The Labute approximate surface area is 77.0 Å². The van der Waals surface area contributed by atoms with Crippen molar-refractivity contribution in [2.75, 3.05) is 0 Å². The van der Waals surface area contributed by atoms with Crippen molar-refractivity contribution in [1.29, 1.82) is 0 Å². The van der Waals surface area contributed by atoms with Gasteiger partial charge in [-0.2, -0.15) is 0 Å². The van der Waals surface area contributed by atoms with Crippen molar-refractivity contribution >= 4 is 26.2 Å². The predicted molar refractivity (Wildman–Crippen MR) is 14.4 cm³/mol. The van der Waals surface area contributed by atoms with Gasteiger partial charge in [-0.3, -0.25) is 0 Å². The van der Waals surface area contributed by atoms with Crippen molar-refractivity contribution < 1.29 is 51.5 Å². The van der Waals surface area contributed by atoms with Crippen LogP contribution in [0.15, 0.2) is 0 Å². The van der Waals surface area contributed by atoms with Gasteiger partial charge in [-0.25, -0.2) is 0 Å². The Morgan fingerprint density at radius 2 is 0.667 bits per heavy atom. The quantitative estimate of drug-likeness (QED) is 0.397. The van der Waals surface area contributed by atoms with E-state index in [1.165, 1.54) is 0 Å². The van der Waals surface area contributed by atoms with Gasteiger partial charge in [-0.05, 0) is 0 Å². The standard InChI is InChI=1S/Bi.Na.2H2O.2O/h;;2*1H2;;/q+3;+1;;;2*-2. The average molecular weight is 300 g/mol. The third kappa shape index (κ3) is 43.0. The van der Waals surface area contributed by atoms with Gasteiger partial charge in [0, 0.05) is 0 Å². The fraction of sp³-hybridized carbons (Fsp3) is 0. The van der Waals surface area contributed by atoms with Gasteiger partial charge in [0.05, 0.1) is 0 Å². The molecule has 0 aliphatic rings. The molecule has 0 rings (SSSR count). The van der Waals surface area contributed by atoms with E-state index in [4.69, 9.17) is 0 Å². The molecule has 4 nitrogen and oxygen atoms in total. The Kier molecular flexibility index (Phi) is 1450. The van der Waals surface area contributed by atoms with Gasteiger partial charge in [0.2, 0.25) is 0 Å². The molecule has 0 bridgehead atoms. The second kappa shape index (κ2) is 74.2. The smallest absolute Gasteiger partial charge is 2.00 e. The van der Waals surface area contributed by atoms with Gasteiger partial charge < -0.3 is 21.9 Å². The average Bonchev–Trinajstić information content (AvgIpc) is 0. The molecular formula is H4BiNaO4. The van der Waals surface area contributed by atoms with Crippen LogP contribution in [0.4, 0.5) is 0 Å². The molecule has 6 heteroatoms. The second-order valence-electron chi connectivity index (χ2n) is 0. The number of hydrogen-bond acceptors (Lipinski definition) is 0. The van der Waals surface area contributed by atoms with Crippen LogP contribution in [0.5, 0.6) is 0 Å². The van der Waals surface area contributed by atoms with Gasteiger partial charge in [0.15, 0.2) is 0 Å². The molecule has 0 heterocycles. The van der Waals surface area contributed by atoms with Crippen molar-refractivity contribution in [3.8, 4) is 0 Å². The van der Waals surface area contributed by atoms with Gasteiger partial charge in [-0.15, -0.1) is 0 Å². The van der Waals surface area contributed by atoms with Crippen molar-refractivity contribution in [2.45, 2.75) is 0 Å². The summed E-state index contributed by atoms with van der Waals surface area (Å²) in [5, 5.41) is 0. The molecule has 34 valence electrons. The summed E-state index contributed by atoms with van der Waals surface area (Å²) in [6.45, 7) is 0. The second-order valence-corrected chi connectivity index (χ2v) is 0. The fourth-order valence-electron chi connectivity index (χ4n) is 0. The predicted octanol–water partition coefficient (Wildman–Crippen LogP) is -5.26. The summed E-state index contributed by atoms with van der Waals surface area (Å²) < 4.78 is 0. The molecule has 0 saturated carbocycles. The SMILES string of the molecule is O.O.[Bi+3].[Na+].[O-2].[O-2]. The van der Waals surface area contributed by atoms with E-state index in [9.17, 15) is 0 Å². The van der Waals surface area contributed by atoms with Crippen LogP contribution in [0, 0.1) is 0 Å². The van der Waals surface area contributed by atoms with E-state index in [1.807, 2.05) is 0 Å². The van der Waals surface area contributed by atoms with Crippen LogP contribution in [-0.2, 0) is 11.0 Å². The van der Waals surface area contributed by atoms with Crippen LogP contribution in [0.3, 0.4) is 0 Å². The van der Waals surface area contributed by atoms with Gasteiger partial charge in [0.25, 0.3) is 0 Å². The maximum Gasteiger partial charge on any atom is 3.00 e. The van der Waals surface area contributed by atoms with E-state index >= 15 is 0 Å². The first-order valence-electron chi connectivity index (χ1n) is 0. The van der Waals surface area contributed by atoms with Crippen molar-refractivity contribution in [2.24, 2.45) is 0 Å². The molecule has 0 aliphatic heterocycles. The molecule has 0 aromatic carbocycles. The Morgan fingerprint density at radius 3 is 0.667 bits per heavy atom. The maximum absolute atomic E-state index is 0. The first kappa shape index (κ1) is 118. The van der Waals surface area contributed by atoms with E-state index in [0.717, 1.165) is 0 Å². The molecule has 0 aromatic heterocycles. The molecule has 0 aromatic rings. The van der Waals surface area contributed by atoms with E-state index in [1.54, 1.807) is 0 Å². The molecule has 0 unspecified atom stereocenters. The zero-order valence-electron chi connectivity index (χ0n) is 3.26. The summed E-state index contributed by atoms with van der Waals surface area (Å²) in [6, 6.07) is 0. The van der Waals surface area contributed by atoms with Crippen LogP contribution in [0.25, 0.3) is 0 Å². The van der Waals surface area contributed by atoms with Crippen molar-refractivity contribution in [3.63, 3.8) is 0 Å². The van der Waals surface area contributed by atoms with Crippen LogP contribution in [0.2, 0.25) is 0 Å². The Morgan fingerprint density at radius 1 is 0.667 bits per heavy atom. The molecule has 0 spiro atoms. The molecule has 0 fully saturated rings. The first-order valence-corrected chi connectivity index (χ1v) is 0. The Bertz CT molecular complexity index is 7.51. The molecule has 2 radical (unpaired) electrons. The minimum atomic E-state index is 0. The third-order valence-electron chi connectivity index (χ3n) is 0. The van der Waals surface area contributed by atoms with Gasteiger partial charge >= 0.3 is 55.8 Å². The topological polar surface area (TPSA) is 120 Å². The summed E-state index contributed by atoms with van der Waals surface area (Å²) in [7, 11) is 0. The third-order valence-corrected chi connectivity index (χ3v) is 0. The minimum Gasteiger partial charge on any atom is -2.00 e. The molecule has 6 heavy (non-hydrogen) atoms. The molecule has 0 amide bonds. The minimum absolute atomic E-state index is 0. The molecule has 0 atom stereocenters. The molecule has 0 saturated heterocycles. The summed E-state index contributed by atoms with van der Waals surface area (Å²) in [5.74, 6) is 0. The van der Waals surface area contributed by atoms with Crippen LogP contribution < -0.4 is 29.6 Å². The molecular weight excluding hydrogens is 296 g/mol. The van der Waals surface area contributed by atoms with Crippen LogP contribution >= 0.6 is 0 Å². The molecule has 0 aliphatic carbocycles. The Hall–Kier alpha value is 1.72. The zero-order valence-corrected chi connectivity index (χ0v) is 8.74. The fourth-order valence-corrected chi connectivity index (χ4v) is 0. The summed E-state index contributed by atoms with van der Waals surface area (Å²) >= 11 is 0. The van der Waals surface area contributed by atoms with Gasteiger partial charge in [-0.1, -0.05) is 0 Å². The molecule has 4 N–H and O–H groups in total. The van der Waals surface area contributed by atoms with E-state index in [-0.39, 0.29) is 77.7 Å². The number of rotatable bonds is 0. The maximum atomic E-state index is 0. The summed E-state index contributed by atoms with van der Waals surface area (Å²) in [4.78, 5) is 0. The summed E-state index contributed by atoms with van der Waals surface area (Å²) in [5.41, 5.74) is 0. The monoisotopic (exact) mass is 300 g/mol. The van der Waals surface area contributed by atoms with E-state index in [0.29, 0.717) is 0 Å². The van der Waals surface area contributed by atoms with Crippen LogP contribution in [0.1, 0.15) is 0 Å². The number of hydrogen-bond donors (Lipinski definition) is 0. The largest absolute Gasteiger partial charge is 3.00 e. The zero-order chi connectivity index (χ0) is 0. The first-order chi connectivity index (χ1) is 0. The summed E-state index contributed by atoms with van der Waals surface area (Å²) in [6.07, 6.45) is 0. The van der Waals surface area contributed by atoms with Crippen molar-refractivity contribution in [1.82, 2.24) is 0 Å². The van der Waals surface area contributed by atoms with E-state index < -0.39 is 0 Å². The Balaban J connectivity index is 0. The normalized spacial score (nSPS) is 0. The van der Waals surface area contributed by atoms with Crippen LogP contribution in [-0.4, -0.2) is 37.2 Å². The van der Waals surface area contributed by atoms with Crippen molar-refractivity contribution in [3.05, 3.63) is 0 Å².